The molecular formula is C14H15N3S. The Balaban J connectivity index is 2.07. The van der Waals surface area contributed by atoms with Crippen molar-refractivity contribution >= 4 is 22.7 Å². The highest BCUT2D eigenvalue weighted by Gasteiger charge is 2.08. The molecule has 1 unspecified atom stereocenters. The Morgan fingerprint density at radius 2 is 2.28 bits per heavy atom. The van der Waals surface area contributed by atoms with Crippen molar-refractivity contribution < 1.29 is 0 Å². The van der Waals surface area contributed by atoms with Gasteiger partial charge in [0.25, 0.3) is 0 Å². The molecule has 2 aromatic rings. The van der Waals surface area contributed by atoms with Crippen molar-refractivity contribution in [1.82, 2.24) is 0 Å². The van der Waals surface area contributed by atoms with E-state index in [9.17, 15) is 0 Å². The molecule has 1 heterocycles. The molecule has 0 saturated carbocycles. The predicted molar refractivity (Wildman–Crippen MR) is 76.7 cm³/mol. The van der Waals surface area contributed by atoms with Crippen molar-refractivity contribution in [2.75, 3.05) is 11.1 Å². The molecule has 1 aromatic carbocycles. The van der Waals surface area contributed by atoms with Gasteiger partial charge in [0.2, 0.25) is 0 Å². The van der Waals surface area contributed by atoms with E-state index in [-0.39, 0.29) is 6.04 Å². The molecule has 0 spiro atoms. The third-order valence-electron chi connectivity index (χ3n) is 2.65. The lowest BCUT2D eigenvalue weighted by atomic mass is 10.1. The van der Waals surface area contributed by atoms with Gasteiger partial charge in [0, 0.05) is 23.0 Å². The number of nitrogen functional groups attached to an aromatic ring is 1. The Hall–Kier alpha value is -1.99. The number of anilines is 2. The number of rotatable bonds is 4. The van der Waals surface area contributed by atoms with Gasteiger partial charge < -0.3 is 11.1 Å². The highest BCUT2D eigenvalue weighted by molar-refractivity contribution is 7.09. The molecule has 2 rings (SSSR count). The van der Waals surface area contributed by atoms with Gasteiger partial charge in [0.15, 0.2) is 0 Å². The van der Waals surface area contributed by atoms with E-state index in [1.807, 2.05) is 6.07 Å². The third-order valence-corrected chi connectivity index (χ3v) is 3.55. The second kappa shape index (κ2) is 5.56. The summed E-state index contributed by atoms with van der Waals surface area (Å²) in [7, 11) is 0. The van der Waals surface area contributed by atoms with E-state index in [1.54, 1.807) is 23.5 Å². The van der Waals surface area contributed by atoms with Crippen LogP contribution in [-0.2, 0) is 6.42 Å². The first-order valence-electron chi connectivity index (χ1n) is 5.77. The van der Waals surface area contributed by atoms with Crippen LogP contribution in [0, 0.1) is 11.3 Å². The lowest BCUT2D eigenvalue weighted by Gasteiger charge is -2.15. The maximum absolute atomic E-state index is 9.07. The van der Waals surface area contributed by atoms with Crippen molar-refractivity contribution in [3.8, 4) is 6.07 Å². The van der Waals surface area contributed by atoms with E-state index in [4.69, 9.17) is 11.0 Å². The fourth-order valence-electron chi connectivity index (χ4n) is 1.83. The van der Waals surface area contributed by atoms with Gasteiger partial charge in [-0.2, -0.15) is 5.26 Å². The summed E-state index contributed by atoms with van der Waals surface area (Å²) in [4.78, 5) is 1.34. The molecule has 3 nitrogen and oxygen atoms in total. The highest BCUT2D eigenvalue weighted by Crippen LogP contribution is 2.20. The first-order chi connectivity index (χ1) is 8.69. The first-order valence-corrected chi connectivity index (χ1v) is 6.65. The zero-order chi connectivity index (χ0) is 13.0. The lowest BCUT2D eigenvalue weighted by molar-refractivity contribution is 0.800. The largest absolute Gasteiger partial charge is 0.399 e. The fraction of sp³-hybridized carbons (Fsp3) is 0.214. The molecule has 0 saturated heterocycles. The van der Waals surface area contributed by atoms with Crippen molar-refractivity contribution in [3.05, 3.63) is 46.2 Å². The van der Waals surface area contributed by atoms with E-state index in [1.165, 1.54) is 4.88 Å². The number of nitrogens with zero attached hydrogens (tertiary/aromatic N) is 1. The minimum absolute atomic E-state index is 0.277. The summed E-state index contributed by atoms with van der Waals surface area (Å²) in [6.45, 7) is 2.11. The average molecular weight is 257 g/mol. The van der Waals surface area contributed by atoms with Crippen molar-refractivity contribution in [3.63, 3.8) is 0 Å². The Morgan fingerprint density at radius 3 is 2.94 bits per heavy atom. The molecule has 0 aliphatic heterocycles. The molecule has 0 fully saturated rings. The molecular weight excluding hydrogens is 242 g/mol. The average Bonchev–Trinajstić information content (AvgIpc) is 2.84. The van der Waals surface area contributed by atoms with E-state index in [0.717, 1.165) is 12.1 Å². The van der Waals surface area contributed by atoms with Crippen LogP contribution in [0.2, 0.25) is 0 Å². The number of nitriles is 1. The Morgan fingerprint density at radius 1 is 1.44 bits per heavy atom. The smallest absolute Gasteiger partial charge is 0.101 e. The molecule has 3 N–H and O–H groups in total. The predicted octanol–water partition coefficient (Wildman–Crippen LogP) is 3.25. The van der Waals surface area contributed by atoms with Gasteiger partial charge in [-0.1, -0.05) is 6.07 Å². The Bertz CT molecular complexity index is 555. The zero-order valence-electron chi connectivity index (χ0n) is 10.2. The number of hydrogen-bond acceptors (Lipinski definition) is 4. The van der Waals surface area contributed by atoms with E-state index >= 15 is 0 Å². The summed E-state index contributed by atoms with van der Waals surface area (Å²) in [6.07, 6.45) is 0.951. The standard InChI is InChI=1S/C14H15N3S/c1-10(7-13-3-2-6-18-13)17-14-5-4-12(16)8-11(14)9-15/h2-6,8,10,17H,7,16H2,1H3. The topological polar surface area (TPSA) is 61.8 Å². The monoisotopic (exact) mass is 257 g/mol. The first kappa shape index (κ1) is 12.5. The minimum atomic E-state index is 0.277. The molecule has 1 atom stereocenters. The molecule has 4 heteroatoms. The molecule has 0 amide bonds. The van der Waals surface area contributed by atoms with Gasteiger partial charge in [0.1, 0.15) is 6.07 Å². The van der Waals surface area contributed by atoms with Crippen molar-refractivity contribution in [2.24, 2.45) is 0 Å². The zero-order valence-corrected chi connectivity index (χ0v) is 11.0. The number of nitrogens with two attached hydrogens (primary N) is 1. The number of benzene rings is 1. The maximum atomic E-state index is 9.07. The van der Waals surface area contributed by atoms with Crippen LogP contribution in [0.4, 0.5) is 11.4 Å². The van der Waals surface area contributed by atoms with E-state index < -0.39 is 0 Å². The number of thiophene rings is 1. The summed E-state index contributed by atoms with van der Waals surface area (Å²) in [5.41, 5.74) is 7.71. The highest BCUT2D eigenvalue weighted by atomic mass is 32.1. The van der Waals surface area contributed by atoms with Crippen LogP contribution in [0.1, 0.15) is 17.4 Å². The summed E-state index contributed by atoms with van der Waals surface area (Å²) >= 11 is 1.75. The van der Waals surface area contributed by atoms with E-state index in [0.29, 0.717) is 11.3 Å². The lowest BCUT2D eigenvalue weighted by Crippen LogP contribution is -2.18. The second-order valence-electron chi connectivity index (χ2n) is 4.25. The van der Waals surface area contributed by atoms with Gasteiger partial charge in [0.05, 0.1) is 11.3 Å². The number of nitrogens with one attached hydrogen (secondary N) is 1. The van der Waals surface area contributed by atoms with Gasteiger partial charge >= 0.3 is 0 Å². The van der Waals surface area contributed by atoms with Gasteiger partial charge in [-0.05, 0) is 36.6 Å². The summed E-state index contributed by atoms with van der Waals surface area (Å²) in [5.74, 6) is 0. The maximum Gasteiger partial charge on any atom is 0.101 e. The quantitative estimate of drug-likeness (QED) is 0.826. The van der Waals surface area contributed by atoms with E-state index in [2.05, 4.69) is 35.8 Å². The normalized spacial score (nSPS) is 11.8. The van der Waals surface area contributed by atoms with Crippen LogP contribution in [0.15, 0.2) is 35.7 Å². The van der Waals surface area contributed by atoms with Crippen molar-refractivity contribution in [1.29, 1.82) is 5.26 Å². The summed E-state index contributed by atoms with van der Waals surface area (Å²) in [5, 5.41) is 14.5. The van der Waals surface area contributed by atoms with Crippen LogP contribution in [0.25, 0.3) is 0 Å². The SMILES string of the molecule is CC(Cc1cccs1)Nc1ccc(N)cc1C#N. The fourth-order valence-corrected chi connectivity index (χ4v) is 2.66. The molecule has 0 radical (unpaired) electrons. The van der Waals surface area contributed by atoms with Crippen LogP contribution in [0.3, 0.4) is 0 Å². The van der Waals surface area contributed by atoms with Crippen LogP contribution < -0.4 is 11.1 Å². The minimum Gasteiger partial charge on any atom is -0.399 e. The van der Waals surface area contributed by atoms with Crippen molar-refractivity contribution in [2.45, 2.75) is 19.4 Å². The van der Waals surface area contributed by atoms with Crippen LogP contribution in [0.5, 0.6) is 0 Å². The molecule has 18 heavy (non-hydrogen) atoms. The molecule has 92 valence electrons. The number of hydrogen-bond donors (Lipinski definition) is 2. The second-order valence-corrected chi connectivity index (χ2v) is 5.28. The van der Waals surface area contributed by atoms with Gasteiger partial charge in [-0.25, -0.2) is 0 Å². The summed E-state index contributed by atoms with van der Waals surface area (Å²) < 4.78 is 0. The molecule has 1 aromatic heterocycles. The van der Waals surface area contributed by atoms with Gasteiger partial charge in [-0.15, -0.1) is 11.3 Å². The van der Waals surface area contributed by atoms with Crippen LogP contribution in [-0.4, -0.2) is 6.04 Å². The molecule has 0 aliphatic rings. The molecule has 0 aliphatic carbocycles. The third kappa shape index (κ3) is 3.02. The van der Waals surface area contributed by atoms with Crippen LogP contribution >= 0.6 is 11.3 Å². The van der Waals surface area contributed by atoms with Gasteiger partial charge in [-0.3, -0.25) is 0 Å². The Kier molecular flexibility index (Phi) is 3.85. The Labute approximate surface area is 111 Å². The molecule has 0 bridgehead atoms. The summed E-state index contributed by atoms with van der Waals surface area (Å²) in [6, 6.07) is 12.0.